The molecule has 0 spiro atoms. The van der Waals surface area contributed by atoms with Gasteiger partial charge in [0.25, 0.3) is 0 Å². The van der Waals surface area contributed by atoms with Crippen molar-refractivity contribution >= 4 is 11.8 Å². The summed E-state index contributed by atoms with van der Waals surface area (Å²) in [5.74, 6) is 0.963. The number of carbonyl (C=O) groups excluding carboxylic acids is 2. The summed E-state index contributed by atoms with van der Waals surface area (Å²) in [5, 5.41) is 3.05. The maximum absolute atomic E-state index is 12.4. The lowest BCUT2D eigenvalue weighted by Gasteiger charge is -2.34. The monoisotopic (exact) mass is 309 g/mol. The second kappa shape index (κ2) is 7.95. The smallest absolute Gasteiger partial charge is 0.237 e. The second-order valence-corrected chi connectivity index (χ2v) is 7.33. The van der Waals surface area contributed by atoms with Crippen molar-refractivity contribution in [2.24, 2.45) is 17.6 Å². The SMILES string of the molecule is CC(C)C[C@@H](N)C(=O)NC1CCN(C(=O)C2CCCC2)CC1. The number of likely N-dealkylation sites (tertiary alicyclic amines) is 1. The molecule has 3 N–H and O–H groups in total. The van der Waals surface area contributed by atoms with Crippen molar-refractivity contribution in [3.05, 3.63) is 0 Å². The summed E-state index contributed by atoms with van der Waals surface area (Å²) >= 11 is 0. The highest BCUT2D eigenvalue weighted by Crippen LogP contribution is 2.27. The van der Waals surface area contributed by atoms with Gasteiger partial charge in [-0.1, -0.05) is 26.7 Å². The molecular weight excluding hydrogens is 278 g/mol. The van der Waals surface area contributed by atoms with Crippen LogP contribution in [-0.4, -0.2) is 41.9 Å². The summed E-state index contributed by atoms with van der Waals surface area (Å²) in [6, 6.07) is -0.253. The molecule has 1 heterocycles. The first-order chi connectivity index (χ1) is 10.5. The van der Waals surface area contributed by atoms with Crippen molar-refractivity contribution in [2.45, 2.75) is 70.9 Å². The number of hydrogen-bond donors (Lipinski definition) is 2. The van der Waals surface area contributed by atoms with Gasteiger partial charge >= 0.3 is 0 Å². The molecule has 0 bridgehead atoms. The van der Waals surface area contributed by atoms with Gasteiger partial charge in [-0.25, -0.2) is 0 Å². The average molecular weight is 309 g/mol. The molecule has 0 radical (unpaired) electrons. The van der Waals surface area contributed by atoms with E-state index < -0.39 is 6.04 Å². The molecule has 126 valence electrons. The van der Waals surface area contributed by atoms with Crippen molar-refractivity contribution < 1.29 is 9.59 Å². The first kappa shape index (κ1) is 17.3. The van der Waals surface area contributed by atoms with Gasteiger partial charge in [0.1, 0.15) is 0 Å². The van der Waals surface area contributed by atoms with E-state index in [1.165, 1.54) is 12.8 Å². The number of hydrogen-bond acceptors (Lipinski definition) is 3. The highest BCUT2D eigenvalue weighted by molar-refractivity contribution is 5.82. The van der Waals surface area contributed by atoms with Crippen LogP contribution in [0.4, 0.5) is 0 Å². The minimum absolute atomic E-state index is 0.0470. The lowest BCUT2D eigenvalue weighted by molar-refractivity contribution is -0.136. The third-order valence-electron chi connectivity index (χ3n) is 4.92. The Labute approximate surface area is 134 Å². The second-order valence-electron chi connectivity index (χ2n) is 7.33. The van der Waals surface area contributed by atoms with Crippen LogP contribution in [0.3, 0.4) is 0 Å². The molecule has 1 saturated carbocycles. The fraction of sp³-hybridized carbons (Fsp3) is 0.882. The van der Waals surface area contributed by atoms with Gasteiger partial charge in [-0.15, -0.1) is 0 Å². The molecule has 0 aromatic rings. The molecule has 2 amide bonds. The Hall–Kier alpha value is -1.10. The average Bonchev–Trinajstić information content (AvgIpc) is 3.00. The third kappa shape index (κ3) is 4.70. The first-order valence-electron chi connectivity index (χ1n) is 8.82. The van der Waals surface area contributed by atoms with Gasteiger partial charge in [0.05, 0.1) is 6.04 Å². The first-order valence-corrected chi connectivity index (χ1v) is 8.82. The minimum atomic E-state index is -0.418. The van der Waals surface area contributed by atoms with E-state index in [0.29, 0.717) is 18.2 Å². The topological polar surface area (TPSA) is 75.4 Å². The minimum Gasteiger partial charge on any atom is -0.352 e. The lowest BCUT2D eigenvalue weighted by atomic mass is 9.99. The highest BCUT2D eigenvalue weighted by Gasteiger charge is 2.30. The van der Waals surface area contributed by atoms with Crippen LogP contribution in [0.15, 0.2) is 0 Å². The Balaban J connectivity index is 1.72. The molecule has 1 aliphatic carbocycles. The van der Waals surface area contributed by atoms with E-state index in [4.69, 9.17) is 5.73 Å². The normalized spacial score (nSPS) is 22.1. The molecule has 5 nitrogen and oxygen atoms in total. The van der Waals surface area contributed by atoms with Crippen LogP contribution in [0.25, 0.3) is 0 Å². The Kier molecular flexibility index (Phi) is 6.24. The predicted octanol–water partition coefficient (Wildman–Crippen LogP) is 1.66. The van der Waals surface area contributed by atoms with E-state index in [-0.39, 0.29) is 17.9 Å². The fourth-order valence-electron chi connectivity index (χ4n) is 3.60. The van der Waals surface area contributed by atoms with Crippen molar-refractivity contribution in [3.8, 4) is 0 Å². The fourth-order valence-corrected chi connectivity index (χ4v) is 3.60. The Morgan fingerprint density at radius 3 is 2.27 bits per heavy atom. The van der Waals surface area contributed by atoms with Gasteiger partial charge in [-0.3, -0.25) is 9.59 Å². The molecule has 1 atom stereocenters. The maximum Gasteiger partial charge on any atom is 0.237 e. The largest absolute Gasteiger partial charge is 0.352 e. The molecule has 2 aliphatic rings. The van der Waals surface area contributed by atoms with E-state index in [1.807, 2.05) is 4.90 Å². The number of carbonyl (C=O) groups is 2. The van der Waals surface area contributed by atoms with Crippen molar-refractivity contribution in [2.75, 3.05) is 13.1 Å². The summed E-state index contributed by atoms with van der Waals surface area (Å²) < 4.78 is 0. The number of amides is 2. The Morgan fingerprint density at radius 1 is 1.14 bits per heavy atom. The van der Waals surface area contributed by atoms with E-state index >= 15 is 0 Å². The van der Waals surface area contributed by atoms with Crippen LogP contribution >= 0.6 is 0 Å². The van der Waals surface area contributed by atoms with Gasteiger partial charge in [0.15, 0.2) is 0 Å². The van der Waals surface area contributed by atoms with Gasteiger partial charge in [0.2, 0.25) is 11.8 Å². The summed E-state index contributed by atoms with van der Waals surface area (Å²) in [4.78, 5) is 26.4. The highest BCUT2D eigenvalue weighted by atomic mass is 16.2. The zero-order chi connectivity index (χ0) is 16.1. The quantitative estimate of drug-likeness (QED) is 0.811. The molecule has 0 aromatic heterocycles. The van der Waals surface area contributed by atoms with Crippen LogP contribution in [-0.2, 0) is 9.59 Å². The number of nitrogens with two attached hydrogens (primary N) is 1. The number of piperidine rings is 1. The Morgan fingerprint density at radius 2 is 1.73 bits per heavy atom. The zero-order valence-electron chi connectivity index (χ0n) is 14.0. The standard InChI is InChI=1S/C17H31N3O2/c1-12(2)11-15(18)16(21)19-14-7-9-20(10-8-14)17(22)13-5-3-4-6-13/h12-15H,3-11,18H2,1-2H3,(H,19,21)/t15-/m1/s1. The lowest BCUT2D eigenvalue weighted by Crippen LogP contribution is -2.51. The molecule has 2 fully saturated rings. The summed E-state index contributed by atoms with van der Waals surface area (Å²) in [6.45, 7) is 5.67. The van der Waals surface area contributed by atoms with Gasteiger partial charge < -0.3 is 16.0 Å². The molecule has 22 heavy (non-hydrogen) atoms. The molecule has 1 aliphatic heterocycles. The molecule has 0 unspecified atom stereocenters. The number of nitrogens with one attached hydrogen (secondary N) is 1. The van der Waals surface area contributed by atoms with Crippen LogP contribution in [0.5, 0.6) is 0 Å². The van der Waals surface area contributed by atoms with Gasteiger partial charge in [-0.05, 0) is 38.0 Å². The molecular formula is C17H31N3O2. The summed E-state index contributed by atoms with van der Waals surface area (Å²) in [6.07, 6.45) is 6.90. The van der Waals surface area contributed by atoms with Crippen LogP contribution in [0.2, 0.25) is 0 Å². The van der Waals surface area contributed by atoms with Crippen LogP contribution in [0, 0.1) is 11.8 Å². The maximum atomic E-state index is 12.4. The summed E-state index contributed by atoms with van der Waals surface area (Å²) in [7, 11) is 0. The van der Waals surface area contributed by atoms with Crippen molar-refractivity contribution in [3.63, 3.8) is 0 Å². The van der Waals surface area contributed by atoms with Crippen LogP contribution < -0.4 is 11.1 Å². The third-order valence-corrected chi connectivity index (χ3v) is 4.92. The van der Waals surface area contributed by atoms with E-state index in [1.54, 1.807) is 0 Å². The summed E-state index contributed by atoms with van der Waals surface area (Å²) in [5.41, 5.74) is 5.92. The molecule has 2 rings (SSSR count). The zero-order valence-corrected chi connectivity index (χ0v) is 14.0. The van der Waals surface area contributed by atoms with Crippen molar-refractivity contribution in [1.29, 1.82) is 0 Å². The molecule has 0 aromatic carbocycles. The van der Waals surface area contributed by atoms with E-state index in [2.05, 4.69) is 19.2 Å². The van der Waals surface area contributed by atoms with Crippen LogP contribution in [0.1, 0.15) is 58.8 Å². The van der Waals surface area contributed by atoms with E-state index in [9.17, 15) is 9.59 Å². The van der Waals surface area contributed by atoms with Crippen molar-refractivity contribution in [1.82, 2.24) is 10.2 Å². The van der Waals surface area contributed by atoms with E-state index in [0.717, 1.165) is 38.8 Å². The molecule has 1 saturated heterocycles. The number of nitrogens with zero attached hydrogens (tertiary/aromatic N) is 1. The van der Waals surface area contributed by atoms with Gasteiger partial charge in [-0.2, -0.15) is 0 Å². The molecule has 5 heteroatoms. The Bertz CT molecular complexity index is 383. The predicted molar refractivity (Wildman–Crippen MR) is 87.1 cm³/mol. The number of rotatable bonds is 5. The van der Waals surface area contributed by atoms with Gasteiger partial charge in [0, 0.05) is 25.0 Å².